The highest BCUT2D eigenvalue weighted by molar-refractivity contribution is 9.10. The van der Waals surface area contributed by atoms with E-state index in [2.05, 4.69) is 26.6 Å². The van der Waals surface area contributed by atoms with Crippen LogP contribution in [0.25, 0.3) is 0 Å². The predicted octanol–water partition coefficient (Wildman–Crippen LogP) is 1.80. The van der Waals surface area contributed by atoms with E-state index in [0.29, 0.717) is 13.0 Å². The van der Waals surface area contributed by atoms with E-state index in [9.17, 15) is 4.79 Å². The Kier molecular flexibility index (Phi) is 6.22. The molecule has 3 N–H and O–H groups in total. The standard InChI is InChI=1S/C12H16BBrN2O2/c1-8-4-9(14)6-11(5-8)15-7-10(2-3-17)16-12(13)18/h4-6,10,15,17H,2-3,7H2,1H3,(H,16,18)/t10-/m0/s1. The Morgan fingerprint density at radius 3 is 2.78 bits per heavy atom. The van der Waals surface area contributed by atoms with E-state index in [1.807, 2.05) is 25.1 Å². The molecular weight excluding hydrogens is 295 g/mol. The van der Waals surface area contributed by atoms with Gasteiger partial charge in [-0.15, -0.1) is 0 Å². The summed E-state index contributed by atoms with van der Waals surface area (Å²) in [5, 5.41) is 14.7. The molecule has 0 fully saturated rings. The number of aliphatic hydroxyl groups is 1. The lowest BCUT2D eigenvalue weighted by Crippen LogP contribution is -2.39. The van der Waals surface area contributed by atoms with E-state index in [1.165, 1.54) is 0 Å². The number of aryl methyl sites for hydroxylation is 1. The van der Waals surface area contributed by atoms with E-state index in [1.54, 1.807) is 0 Å². The molecule has 1 rings (SSSR count). The van der Waals surface area contributed by atoms with Crippen LogP contribution in [0.2, 0.25) is 0 Å². The third-order valence-corrected chi connectivity index (χ3v) is 2.88. The molecule has 0 aliphatic carbocycles. The van der Waals surface area contributed by atoms with Crippen LogP contribution < -0.4 is 10.6 Å². The summed E-state index contributed by atoms with van der Waals surface area (Å²) in [5.41, 5.74) is 2.09. The Morgan fingerprint density at radius 2 is 2.22 bits per heavy atom. The lowest BCUT2D eigenvalue weighted by atomic mass is 10.1. The Balaban J connectivity index is 2.57. The van der Waals surface area contributed by atoms with Gasteiger partial charge in [0.15, 0.2) is 5.81 Å². The SMILES string of the molecule is [B]C(=O)N[C@@H](CCO)CNc1cc(C)cc(Br)c1. The van der Waals surface area contributed by atoms with Gasteiger partial charge < -0.3 is 15.7 Å². The number of benzene rings is 1. The zero-order chi connectivity index (χ0) is 13.5. The first-order valence-electron chi connectivity index (χ1n) is 5.69. The molecule has 0 aliphatic heterocycles. The molecule has 18 heavy (non-hydrogen) atoms. The zero-order valence-electron chi connectivity index (χ0n) is 10.2. The summed E-state index contributed by atoms with van der Waals surface area (Å²) in [5.74, 6) is -0.583. The number of hydrogen-bond donors (Lipinski definition) is 3. The molecule has 0 heterocycles. The third-order valence-electron chi connectivity index (χ3n) is 2.42. The number of halogens is 1. The van der Waals surface area contributed by atoms with Gasteiger partial charge in [0.25, 0.3) is 0 Å². The molecule has 2 radical (unpaired) electrons. The number of carbonyl (C=O) groups is 1. The summed E-state index contributed by atoms with van der Waals surface area (Å²) in [7, 11) is 5.07. The van der Waals surface area contributed by atoms with Gasteiger partial charge in [0, 0.05) is 29.4 Å². The highest BCUT2D eigenvalue weighted by Crippen LogP contribution is 2.19. The summed E-state index contributed by atoms with van der Waals surface area (Å²) < 4.78 is 0.992. The summed E-state index contributed by atoms with van der Waals surface area (Å²) in [6.45, 7) is 2.52. The van der Waals surface area contributed by atoms with Crippen LogP contribution in [-0.4, -0.2) is 38.0 Å². The van der Waals surface area contributed by atoms with Crippen LogP contribution in [-0.2, 0) is 0 Å². The highest BCUT2D eigenvalue weighted by Gasteiger charge is 2.08. The van der Waals surface area contributed by atoms with E-state index < -0.39 is 5.81 Å². The number of aliphatic hydroxyl groups excluding tert-OH is 1. The van der Waals surface area contributed by atoms with Crippen molar-refractivity contribution in [3.05, 3.63) is 28.2 Å². The van der Waals surface area contributed by atoms with Gasteiger partial charge in [-0.1, -0.05) is 15.9 Å². The van der Waals surface area contributed by atoms with Crippen molar-refractivity contribution < 1.29 is 9.90 Å². The second-order valence-electron chi connectivity index (χ2n) is 4.12. The van der Waals surface area contributed by atoms with E-state index in [0.717, 1.165) is 15.7 Å². The second-order valence-corrected chi connectivity index (χ2v) is 5.03. The molecule has 1 aromatic rings. The fourth-order valence-electron chi connectivity index (χ4n) is 1.66. The number of anilines is 1. The molecule has 1 amide bonds. The van der Waals surface area contributed by atoms with Crippen LogP contribution >= 0.6 is 15.9 Å². The summed E-state index contributed by atoms with van der Waals surface area (Å²) in [4.78, 5) is 10.8. The Labute approximate surface area is 117 Å². The minimum absolute atomic E-state index is 0.00411. The van der Waals surface area contributed by atoms with E-state index in [-0.39, 0.29) is 12.6 Å². The van der Waals surface area contributed by atoms with Crippen molar-refractivity contribution in [2.45, 2.75) is 19.4 Å². The Bertz CT molecular complexity index is 395. The van der Waals surface area contributed by atoms with Crippen molar-refractivity contribution in [1.82, 2.24) is 5.32 Å². The van der Waals surface area contributed by atoms with Gasteiger partial charge in [-0.3, -0.25) is 4.79 Å². The van der Waals surface area contributed by atoms with Crippen LogP contribution in [0, 0.1) is 6.92 Å². The molecule has 6 heteroatoms. The maximum absolute atomic E-state index is 10.8. The first-order chi connectivity index (χ1) is 8.51. The van der Waals surface area contributed by atoms with Crippen molar-refractivity contribution in [1.29, 1.82) is 0 Å². The van der Waals surface area contributed by atoms with Gasteiger partial charge >= 0.3 is 0 Å². The smallest absolute Gasteiger partial charge is 0.200 e. The molecule has 0 spiro atoms. The molecule has 4 nitrogen and oxygen atoms in total. The lowest BCUT2D eigenvalue weighted by Gasteiger charge is -2.18. The van der Waals surface area contributed by atoms with Crippen molar-refractivity contribution in [2.24, 2.45) is 0 Å². The quantitative estimate of drug-likeness (QED) is 0.702. The number of hydrogen-bond acceptors (Lipinski definition) is 3. The molecular formula is C12H16BBrN2O2. The topological polar surface area (TPSA) is 61.4 Å². The fraction of sp³-hybridized carbons (Fsp3) is 0.417. The molecule has 0 aromatic heterocycles. The second kappa shape index (κ2) is 7.43. The van der Waals surface area contributed by atoms with Gasteiger partial charge in [-0.2, -0.15) is 0 Å². The molecule has 1 aromatic carbocycles. The number of nitrogens with one attached hydrogen (secondary N) is 2. The lowest BCUT2D eigenvalue weighted by molar-refractivity contribution is 0.246. The normalized spacial score (nSPS) is 11.9. The molecule has 0 saturated heterocycles. The third kappa shape index (κ3) is 5.55. The first-order valence-corrected chi connectivity index (χ1v) is 6.48. The molecule has 96 valence electrons. The summed E-state index contributed by atoms with van der Waals surface area (Å²) in [6, 6.07) is 5.78. The average Bonchev–Trinajstić information content (AvgIpc) is 2.24. The van der Waals surface area contributed by atoms with Crippen LogP contribution in [0.3, 0.4) is 0 Å². The fourth-order valence-corrected chi connectivity index (χ4v) is 2.27. The van der Waals surface area contributed by atoms with Crippen molar-refractivity contribution in [3.63, 3.8) is 0 Å². The van der Waals surface area contributed by atoms with Crippen molar-refractivity contribution in [2.75, 3.05) is 18.5 Å². The molecule has 0 bridgehead atoms. The monoisotopic (exact) mass is 310 g/mol. The van der Waals surface area contributed by atoms with Gasteiger partial charge in [0.2, 0.25) is 7.85 Å². The molecule has 1 atom stereocenters. The van der Waals surface area contributed by atoms with E-state index >= 15 is 0 Å². The number of amides is 1. The van der Waals surface area contributed by atoms with Gasteiger partial charge in [0.05, 0.1) is 0 Å². The van der Waals surface area contributed by atoms with Gasteiger partial charge in [-0.25, -0.2) is 0 Å². The van der Waals surface area contributed by atoms with Crippen LogP contribution in [0.15, 0.2) is 22.7 Å². The summed E-state index contributed by atoms with van der Waals surface area (Å²) >= 11 is 3.42. The highest BCUT2D eigenvalue weighted by atomic mass is 79.9. The van der Waals surface area contributed by atoms with Gasteiger partial charge in [-0.05, 0) is 37.1 Å². The Morgan fingerprint density at radius 1 is 1.50 bits per heavy atom. The van der Waals surface area contributed by atoms with Crippen molar-refractivity contribution in [3.8, 4) is 0 Å². The minimum Gasteiger partial charge on any atom is -0.396 e. The number of rotatable bonds is 6. The Hall–Kier alpha value is -1.01. The molecule has 0 unspecified atom stereocenters. The molecule has 0 aliphatic rings. The largest absolute Gasteiger partial charge is 0.396 e. The van der Waals surface area contributed by atoms with Crippen LogP contribution in [0.4, 0.5) is 10.5 Å². The summed E-state index contributed by atoms with van der Waals surface area (Å²) in [6.07, 6.45) is 0.461. The van der Waals surface area contributed by atoms with Crippen molar-refractivity contribution >= 4 is 35.3 Å². The average molecular weight is 311 g/mol. The van der Waals surface area contributed by atoms with Crippen LogP contribution in [0.5, 0.6) is 0 Å². The molecule has 0 saturated carbocycles. The number of carbonyl (C=O) groups excluding carboxylic acids is 1. The van der Waals surface area contributed by atoms with E-state index in [4.69, 9.17) is 13.0 Å². The zero-order valence-corrected chi connectivity index (χ0v) is 11.8. The first kappa shape index (κ1) is 15.1. The maximum atomic E-state index is 10.8. The maximum Gasteiger partial charge on any atom is 0.200 e. The predicted molar refractivity (Wildman–Crippen MR) is 77.1 cm³/mol. The van der Waals surface area contributed by atoms with Gasteiger partial charge in [0.1, 0.15) is 0 Å². The van der Waals surface area contributed by atoms with Crippen LogP contribution in [0.1, 0.15) is 12.0 Å². The minimum atomic E-state index is -0.583.